The zero-order valence-electron chi connectivity index (χ0n) is 12.5. The van der Waals surface area contributed by atoms with E-state index in [4.69, 9.17) is 4.74 Å². The van der Waals surface area contributed by atoms with Crippen LogP contribution in [0.5, 0.6) is 0 Å². The van der Waals surface area contributed by atoms with E-state index >= 15 is 0 Å². The topological polar surface area (TPSA) is 76.5 Å². The molecule has 2 heterocycles. The molecule has 1 aromatic rings. The van der Waals surface area contributed by atoms with Gasteiger partial charge in [0.2, 0.25) is 0 Å². The van der Waals surface area contributed by atoms with E-state index < -0.39 is 0 Å². The maximum Gasteiger partial charge on any atom is 0.317 e. The zero-order chi connectivity index (χ0) is 15.2. The number of nitrogens with zero attached hydrogens (tertiary/aromatic N) is 3. The highest BCUT2D eigenvalue weighted by Gasteiger charge is 2.28. The molecule has 1 N–H and O–H groups in total. The number of amides is 2. The van der Waals surface area contributed by atoms with Crippen molar-refractivity contribution in [2.45, 2.75) is 26.3 Å². The molecule has 0 saturated carbocycles. The minimum Gasteiger partial charge on any atom is -0.466 e. The van der Waals surface area contributed by atoms with Gasteiger partial charge in [-0.05, 0) is 19.8 Å². The molecule has 1 fully saturated rings. The number of esters is 1. The van der Waals surface area contributed by atoms with E-state index in [9.17, 15) is 9.59 Å². The molecular weight excluding hydrogens is 272 g/mol. The number of urea groups is 1. The summed E-state index contributed by atoms with van der Waals surface area (Å²) in [5, 5.41) is 6.92. The number of nitrogens with one attached hydrogen (secondary N) is 1. The first-order valence-electron chi connectivity index (χ1n) is 7.27. The molecule has 7 heteroatoms. The van der Waals surface area contributed by atoms with Crippen molar-refractivity contribution in [3.8, 4) is 0 Å². The van der Waals surface area contributed by atoms with E-state index in [-0.39, 0.29) is 17.9 Å². The molecule has 116 valence electrons. The minimum atomic E-state index is -0.145. The van der Waals surface area contributed by atoms with Crippen LogP contribution < -0.4 is 5.32 Å². The van der Waals surface area contributed by atoms with Crippen molar-refractivity contribution in [2.75, 3.05) is 19.7 Å². The summed E-state index contributed by atoms with van der Waals surface area (Å²) in [7, 11) is 1.84. The van der Waals surface area contributed by atoms with Crippen LogP contribution in [0.3, 0.4) is 0 Å². The molecule has 1 saturated heterocycles. The number of hydrogen-bond acceptors (Lipinski definition) is 4. The monoisotopic (exact) mass is 294 g/mol. The molecule has 0 spiro atoms. The predicted molar refractivity (Wildman–Crippen MR) is 76.4 cm³/mol. The smallest absolute Gasteiger partial charge is 0.317 e. The average molecular weight is 294 g/mol. The molecule has 0 radical (unpaired) electrons. The molecular formula is C14H22N4O3. The number of rotatable bonds is 4. The van der Waals surface area contributed by atoms with Crippen LogP contribution in [0.1, 0.15) is 25.3 Å². The van der Waals surface area contributed by atoms with Gasteiger partial charge >= 0.3 is 12.0 Å². The number of hydrogen-bond donors (Lipinski definition) is 1. The normalized spacial score (nSPS) is 15.8. The van der Waals surface area contributed by atoms with Gasteiger partial charge < -0.3 is 15.0 Å². The van der Waals surface area contributed by atoms with Crippen LogP contribution in [-0.4, -0.2) is 46.4 Å². The third-order valence-corrected chi connectivity index (χ3v) is 3.60. The van der Waals surface area contributed by atoms with Crippen molar-refractivity contribution in [3.05, 3.63) is 18.0 Å². The second kappa shape index (κ2) is 7.10. The zero-order valence-corrected chi connectivity index (χ0v) is 12.5. The number of aromatic nitrogens is 2. The summed E-state index contributed by atoms with van der Waals surface area (Å²) in [4.78, 5) is 25.4. The van der Waals surface area contributed by atoms with Crippen molar-refractivity contribution in [3.63, 3.8) is 0 Å². The van der Waals surface area contributed by atoms with Crippen molar-refractivity contribution < 1.29 is 14.3 Å². The van der Waals surface area contributed by atoms with Crippen molar-refractivity contribution in [1.82, 2.24) is 20.0 Å². The summed E-state index contributed by atoms with van der Waals surface area (Å²) in [6.07, 6.45) is 4.93. The molecule has 0 aromatic carbocycles. The van der Waals surface area contributed by atoms with Gasteiger partial charge in [0.15, 0.2) is 0 Å². The fourth-order valence-corrected chi connectivity index (χ4v) is 2.43. The number of carbonyl (C=O) groups excluding carboxylic acids is 2. The molecule has 2 rings (SSSR count). The molecule has 0 bridgehead atoms. The summed E-state index contributed by atoms with van der Waals surface area (Å²) in [6, 6.07) is -0.0961. The lowest BCUT2D eigenvalue weighted by molar-refractivity contribution is -0.149. The van der Waals surface area contributed by atoms with Crippen LogP contribution in [0.2, 0.25) is 0 Å². The lowest BCUT2D eigenvalue weighted by Gasteiger charge is -2.30. The number of likely N-dealkylation sites (tertiary alicyclic amines) is 1. The molecule has 0 atom stereocenters. The van der Waals surface area contributed by atoms with Gasteiger partial charge in [0.1, 0.15) is 0 Å². The molecule has 1 aliphatic rings. The Hall–Kier alpha value is -2.05. The second-order valence-corrected chi connectivity index (χ2v) is 5.19. The Morgan fingerprint density at radius 2 is 2.14 bits per heavy atom. The molecule has 21 heavy (non-hydrogen) atoms. The first-order chi connectivity index (χ1) is 10.1. The van der Waals surface area contributed by atoms with E-state index in [1.807, 2.05) is 13.2 Å². The molecule has 2 amide bonds. The van der Waals surface area contributed by atoms with Crippen LogP contribution >= 0.6 is 0 Å². The summed E-state index contributed by atoms with van der Waals surface area (Å²) < 4.78 is 6.72. The Morgan fingerprint density at radius 1 is 1.43 bits per heavy atom. The lowest BCUT2D eigenvalue weighted by Crippen LogP contribution is -2.45. The number of piperidine rings is 1. The third-order valence-electron chi connectivity index (χ3n) is 3.60. The molecule has 0 unspecified atom stereocenters. The number of aryl methyl sites for hydroxylation is 1. The Bertz CT molecular complexity index is 492. The van der Waals surface area contributed by atoms with E-state index in [0.717, 1.165) is 5.56 Å². The first-order valence-corrected chi connectivity index (χ1v) is 7.27. The SMILES string of the molecule is CCOC(=O)C1CCN(C(=O)NCc2cnn(C)c2)CC1. The van der Waals surface area contributed by atoms with Gasteiger partial charge in [-0.25, -0.2) is 4.79 Å². The fourth-order valence-electron chi connectivity index (χ4n) is 2.43. The summed E-state index contributed by atoms with van der Waals surface area (Å²) in [5.41, 5.74) is 0.965. The molecule has 0 aliphatic carbocycles. The maximum absolute atomic E-state index is 12.1. The van der Waals surface area contributed by atoms with Crippen LogP contribution in [-0.2, 0) is 23.1 Å². The van der Waals surface area contributed by atoms with E-state index in [1.165, 1.54) is 0 Å². The van der Waals surface area contributed by atoms with E-state index in [2.05, 4.69) is 10.4 Å². The fraction of sp³-hybridized carbons (Fsp3) is 0.643. The summed E-state index contributed by atoms with van der Waals surface area (Å²) >= 11 is 0. The van der Waals surface area contributed by atoms with Crippen molar-refractivity contribution in [1.29, 1.82) is 0 Å². The largest absolute Gasteiger partial charge is 0.466 e. The van der Waals surface area contributed by atoms with E-state index in [0.29, 0.717) is 39.1 Å². The summed E-state index contributed by atoms with van der Waals surface area (Å²) in [5.74, 6) is -0.222. The van der Waals surface area contributed by atoms with Gasteiger partial charge in [-0.2, -0.15) is 5.10 Å². The van der Waals surface area contributed by atoms with Gasteiger partial charge in [-0.3, -0.25) is 9.48 Å². The Morgan fingerprint density at radius 3 is 2.71 bits per heavy atom. The Labute approximate surface area is 124 Å². The molecule has 1 aliphatic heterocycles. The Kier molecular flexibility index (Phi) is 5.19. The Balaban J connectivity index is 1.74. The van der Waals surface area contributed by atoms with Crippen molar-refractivity contribution >= 4 is 12.0 Å². The van der Waals surface area contributed by atoms with Gasteiger partial charge in [0, 0.05) is 38.4 Å². The standard InChI is InChI=1S/C14H22N4O3/c1-3-21-13(19)12-4-6-18(7-5-12)14(20)15-8-11-9-16-17(2)10-11/h9-10,12H,3-8H2,1-2H3,(H,15,20). The van der Waals surface area contributed by atoms with Crippen LogP contribution in [0.4, 0.5) is 4.79 Å². The highest BCUT2D eigenvalue weighted by atomic mass is 16.5. The molecule has 1 aromatic heterocycles. The predicted octanol–water partition coefficient (Wildman–Crippen LogP) is 0.905. The lowest BCUT2D eigenvalue weighted by atomic mass is 9.97. The summed E-state index contributed by atoms with van der Waals surface area (Å²) in [6.45, 7) is 3.85. The van der Waals surface area contributed by atoms with Gasteiger partial charge in [0.05, 0.1) is 18.7 Å². The van der Waals surface area contributed by atoms with E-state index in [1.54, 1.807) is 22.7 Å². The van der Waals surface area contributed by atoms with Gasteiger partial charge in [-0.15, -0.1) is 0 Å². The average Bonchev–Trinajstić information content (AvgIpc) is 2.91. The third kappa shape index (κ3) is 4.21. The van der Waals surface area contributed by atoms with Crippen LogP contribution in [0.15, 0.2) is 12.4 Å². The highest BCUT2D eigenvalue weighted by Crippen LogP contribution is 2.18. The quantitative estimate of drug-likeness (QED) is 0.837. The first kappa shape index (κ1) is 15.3. The van der Waals surface area contributed by atoms with Crippen molar-refractivity contribution in [2.24, 2.45) is 13.0 Å². The number of ether oxygens (including phenoxy) is 1. The van der Waals surface area contributed by atoms with Crippen LogP contribution in [0.25, 0.3) is 0 Å². The maximum atomic E-state index is 12.1. The second-order valence-electron chi connectivity index (χ2n) is 5.19. The van der Waals surface area contributed by atoms with Gasteiger partial charge in [0.25, 0.3) is 0 Å². The number of carbonyl (C=O) groups is 2. The molecule has 7 nitrogen and oxygen atoms in total. The minimum absolute atomic E-state index is 0.0766. The van der Waals surface area contributed by atoms with Gasteiger partial charge in [-0.1, -0.05) is 0 Å². The van der Waals surface area contributed by atoms with Crippen LogP contribution in [0, 0.1) is 5.92 Å². The highest BCUT2D eigenvalue weighted by molar-refractivity contribution is 5.76.